The van der Waals surface area contributed by atoms with Crippen molar-refractivity contribution in [3.63, 3.8) is 0 Å². The van der Waals surface area contributed by atoms with E-state index in [4.69, 9.17) is 0 Å². The predicted octanol–water partition coefficient (Wildman–Crippen LogP) is 4.95. The van der Waals surface area contributed by atoms with E-state index in [9.17, 15) is 4.79 Å². The molecule has 1 unspecified atom stereocenters. The van der Waals surface area contributed by atoms with E-state index in [2.05, 4.69) is 51.9 Å². The van der Waals surface area contributed by atoms with Crippen molar-refractivity contribution < 1.29 is 4.79 Å². The summed E-state index contributed by atoms with van der Waals surface area (Å²) in [7, 11) is 0. The number of benzene rings is 2. The van der Waals surface area contributed by atoms with Crippen LogP contribution in [0.1, 0.15) is 43.1 Å². The Hall–Kier alpha value is -3.71. The van der Waals surface area contributed by atoms with Crippen LogP contribution in [0, 0.1) is 0 Å². The number of aromatic amines is 1. The summed E-state index contributed by atoms with van der Waals surface area (Å²) in [6.45, 7) is 8.41. The van der Waals surface area contributed by atoms with Gasteiger partial charge in [0.15, 0.2) is 11.5 Å². The minimum absolute atomic E-state index is 0.0499. The smallest absolute Gasteiger partial charge is 0.255 e. The van der Waals surface area contributed by atoms with Gasteiger partial charge in [-0.05, 0) is 65.4 Å². The fraction of sp³-hybridized carbons (Fsp3) is 0.296. The number of pyridine rings is 1. The van der Waals surface area contributed by atoms with Gasteiger partial charge in [-0.3, -0.25) is 9.89 Å². The fourth-order valence-corrected chi connectivity index (χ4v) is 4.36. The molecule has 1 aliphatic rings. The number of amides is 1. The molecule has 1 amide bonds. The monoisotopic (exact) mass is 454 g/mol. The number of rotatable bonds is 5. The van der Waals surface area contributed by atoms with Gasteiger partial charge in [0.25, 0.3) is 5.91 Å². The van der Waals surface area contributed by atoms with Gasteiger partial charge < -0.3 is 16.0 Å². The van der Waals surface area contributed by atoms with E-state index in [-0.39, 0.29) is 11.3 Å². The molecule has 4 N–H and O–H groups in total. The van der Waals surface area contributed by atoms with Crippen molar-refractivity contribution in [2.24, 2.45) is 0 Å². The summed E-state index contributed by atoms with van der Waals surface area (Å²) in [5.41, 5.74) is 5.36. The summed E-state index contributed by atoms with van der Waals surface area (Å²) in [5.74, 6) is 0.678. The lowest BCUT2D eigenvalue weighted by molar-refractivity contribution is 0.102. The molecule has 1 aliphatic heterocycles. The lowest BCUT2D eigenvalue weighted by atomic mass is 9.87. The van der Waals surface area contributed by atoms with Crippen molar-refractivity contribution in [1.82, 2.24) is 20.5 Å². The van der Waals surface area contributed by atoms with E-state index < -0.39 is 0 Å². The second-order valence-corrected chi connectivity index (χ2v) is 9.85. The molecule has 1 fully saturated rings. The van der Waals surface area contributed by atoms with Crippen molar-refractivity contribution in [2.75, 3.05) is 23.7 Å². The molecule has 4 aromatic rings. The zero-order valence-corrected chi connectivity index (χ0v) is 19.8. The number of fused-ring (bicyclic) bond motifs is 1. The molecule has 34 heavy (non-hydrogen) atoms. The molecule has 2 aromatic carbocycles. The first-order chi connectivity index (χ1) is 16.4. The number of hydrogen-bond donors (Lipinski definition) is 4. The van der Waals surface area contributed by atoms with Gasteiger partial charge >= 0.3 is 0 Å². The highest BCUT2D eigenvalue weighted by Gasteiger charge is 2.19. The van der Waals surface area contributed by atoms with E-state index in [1.54, 1.807) is 6.20 Å². The first kappa shape index (κ1) is 22.1. The van der Waals surface area contributed by atoms with E-state index >= 15 is 0 Å². The number of anilines is 2. The van der Waals surface area contributed by atoms with Gasteiger partial charge in [-0.2, -0.15) is 5.10 Å². The Bertz CT molecular complexity index is 1310. The summed E-state index contributed by atoms with van der Waals surface area (Å²) >= 11 is 0. The maximum Gasteiger partial charge on any atom is 0.255 e. The predicted molar refractivity (Wildman–Crippen MR) is 137 cm³/mol. The van der Waals surface area contributed by atoms with Gasteiger partial charge in [-0.15, -0.1) is 0 Å². The van der Waals surface area contributed by atoms with Crippen LogP contribution in [-0.2, 0) is 5.41 Å². The lowest BCUT2D eigenvalue weighted by Crippen LogP contribution is -2.22. The van der Waals surface area contributed by atoms with Crippen LogP contribution in [-0.4, -0.2) is 40.2 Å². The highest BCUT2D eigenvalue weighted by molar-refractivity contribution is 6.05. The van der Waals surface area contributed by atoms with Gasteiger partial charge in [-0.25, -0.2) is 4.98 Å². The van der Waals surface area contributed by atoms with Crippen LogP contribution < -0.4 is 16.0 Å². The molecule has 0 aliphatic carbocycles. The molecule has 3 heterocycles. The van der Waals surface area contributed by atoms with Gasteiger partial charge in [0.1, 0.15) is 0 Å². The van der Waals surface area contributed by atoms with E-state index in [0.29, 0.717) is 11.6 Å². The summed E-state index contributed by atoms with van der Waals surface area (Å²) in [6, 6.07) is 18.0. The molecular weight excluding hydrogens is 424 g/mol. The second kappa shape index (κ2) is 8.91. The lowest BCUT2D eigenvalue weighted by Gasteiger charge is -2.19. The highest BCUT2D eigenvalue weighted by Crippen LogP contribution is 2.33. The van der Waals surface area contributed by atoms with E-state index in [0.717, 1.165) is 53.2 Å². The zero-order chi connectivity index (χ0) is 23.7. The molecule has 0 radical (unpaired) electrons. The van der Waals surface area contributed by atoms with E-state index in [1.807, 2.05) is 54.6 Å². The quantitative estimate of drug-likeness (QED) is 0.342. The fourth-order valence-electron chi connectivity index (χ4n) is 4.36. The van der Waals surface area contributed by atoms with Crippen LogP contribution in [0.5, 0.6) is 0 Å². The Morgan fingerprint density at radius 2 is 1.91 bits per heavy atom. The Balaban J connectivity index is 1.41. The maximum absolute atomic E-state index is 12.9. The number of hydrogen-bond acceptors (Lipinski definition) is 5. The minimum Gasteiger partial charge on any atom is -0.364 e. The van der Waals surface area contributed by atoms with Crippen LogP contribution in [0.25, 0.3) is 22.2 Å². The maximum atomic E-state index is 12.9. The number of carbonyl (C=O) groups excluding carboxylic acids is 1. The zero-order valence-electron chi connectivity index (χ0n) is 19.8. The van der Waals surface area contributed by atoms with E-state index in [1.165, 1.54) is 5.56 Å². The molecule has 1 atom stereocenters. The topological polar surface area (TPSA) is 94.7 Å². The Kier molecular flexibility index (Phi) is 5.79. The van der Waals surface area contributed by atoms with Crippen molar-refractivity contribution in [1.29, 1.82) is 0 Å². The molecule has 5 rings (SSSR count). The molecular formula is C27H30N6O. The summed E-state index contributed by atoms with van der Waals surface area (Å²) in [6.07, 6.45) is 2.83. The third-order valence-electron chi connectivity index (χ3n) is 6.31. The van der Waals surface area contributed by atoms with Gasteiger partial charge in [0.2, 0.25) is 0 Å². The molecule has 7 heteroatoms. The second-order valence-electron chi connectivity index (χ2n) is 9.85. The molecule has 2 aromatic heterocycles. The van der Waals surface area contributed by atoms with Crippen LogP contribution in [0.4, 0.5) is 11.5 Å². The number of nitrogens with zero attached hydrogens (tertiary/aromatic N) is 2. The number of aromatic nitrogens is 3. The van der Waals surface area contributed by atoms with Gasteiger partial charge in [-0.1, -0.05) is 45.0 Å². The molecule has 0 saturated carbocycles. The Labute approximate surface area is 199 Å². The van der Waals surface area contributed by atoms with Crippen LogP contribution in [0.15, 0.2) is 60.8 Å². The van der Waals surface area contributed by atoms with Gasteiger partial charge in [0.05, 0.1) is 5.39 Å². The van der Waals surface area contributed by atoms with Crippen LogP contribution >= 0.6 is 0 Å². The highest BCUT2D eigenvalue weighted by atomic mass is 16.1. The number of nitrogens with one attached hydrogen (secondary N) is 4. The standard InChI is InChI=1S/C27H30N6O/c1-27(2,3)19-9-7-17(8-10-19)26(34)31-20-6-4-5-18(15-20)22-12-14-29-24-23(22)25(33-32-24)30-21-11-13-28-16-21/h4-10,12,14-15,21,28H,11,13,16H2,1-3H3,(H,31,34)(H2,29,30,32,33). The van der Waals surface area contributed by atoms with Crippen LogP contribution in [0.2, 0.25) is 0 Å². The largest absolute Gasteiger partial charge is 0.364 e. The number of H-pyrrole nitrogens is 1. The molecule has 0 bridgehead atoms. The molecule has 7 nitrogen and oxygen atoms in total. The molecule has 174 valence electrons. The SMILES string of the molecule is CC(C)(C)c1ccc(C(=O)Nc2cccc(-c3ccnc4[nH]nc(NC5CCNC5)c34)c2)cc1. The van der Waals surface area contributed by atoms with Crippen LogP contribution in [0.3, 0.4) is 0 Å². The molecule has 1 saturated heterocycles. The Morgan fingerprint density at radius 3 is 2.65 bits per heavy atom. The van der Waals surface area contributed by atoms with Crippen molar-refractivity contribution in [3.8, 4) is 11.1 Å². The summed E-state index contributed by atoms with van der Waals surface area (Å²) in [5, 5.41) is 18.4. The first-order valence-electron chi connectivity index (χ1n) is 11.7. The molecule has 0 spiro atoms. The first-order valence-corrected chi connectivity index (χ1v) is 11.7. The average molecular weight is 455 g/mol. The normalized spacial score (nSPS) is 16.0. The Morgan fingerprint density at radius 1 is 1.09 bits per heavy atom. The third kappa shape index (κ3) is 4.52. The van der Waals surface area contributed by atoms with Crippen molar-refractivity contribution in [2.45, 2.75) is 38.6 Å². The summed E-state index contributed by atoms with van der Waals surface area (Å²) < 4.78 is 0. The van der Waals surface area contributed by atoms with Crippen molar-refractivity contribution in [3.05, 3.63) is 71.9 Å². The van der Waals surface area contributed by atoms with Crippen molar-refractivity contribution >= 4 is 28.4 Å². The third-order valence-corrected chi connectivity index (χ3v) is 6.31. The summed E-state index contributed by atoms with van der Waals surface area (Å²) in [4.78, 5) is 17.3. The minimum atomic E-state index is -0.128. The average Bonchev–Trinajstić information content (AvgIpc) is 3.49. The van der Waals surface area contributed by atoms with Gasteiger partial charge in [0, 0.05) is 30.0 Å². The number of carbonyl (C=O) groups is 1.